The normalized spacial score (nSPS) is 16.1. The lowest BCUT2D eigenvalue weighted by molar-refractivity contribution is 0.214. The third kappa shape index (κ3) is 4.25. The maximum Gasteiger partial charge on any atom is 0.315 e. The summed E-state index contributed by atoms with van der Waals surface area (Å²) in [5.41, 5.74) is 3.62. The first-order chi connectivity index (χ1) is 11.2. The van der Waals surface area contributed by atoms with Crippen LogP contribution in [0.25, 0.3) is 0 Å². The fourth-order valence-electron chi connectivity index (χ4n) is 2.73. The van der Waals surface area contributed by atoms with Gasteiger partial charge in [0.15, 0.2) is 0 Å². The smallest absolute Gasteiger partial charge is 0.315 e. The Morgan fingerprint density at radius 3 is 2.78 bits per heavy atom. The third-order valence-corrected chi connectivity index (χ3v) is 4.03. The van der Waals surface area contributed by atoms with Crippen molar-refractivity contribution >= 4 is 6.03 Å². The summed E-state index contributed by atoms with van der Waals surface area (Å²) < 4.78 is 5.68. The van der Waals surface area contributed by atoms with E-state index < -0.39 is 0 Å². The average molecular weight is 310 g/mol. The molecule has 120 valence electrons. The minimum absolute atomic E-state index is 0.0178. The fraction of sp³-hybridized carbons (Fsp3) is 0.316. The van der Waals surface area contributed by atoms with Crippen LogP contribution in [0.3, 0.4) is 0 Å². The highest BCUT2D eigenvalue weighted by Crippen LogP contribution is 2.23. The van der Waals surface area contributed by atoms with Crippen molar-refractivity contribution in [2.45, 2.75) is 25.8 Å². The van der Waals surface area contributed by atoms with Crippen molar-refractivity contribution in [1.29, 1.82) is 0 Å². The number of ether oxygens (including phenoxy) is 1. The number of carbonyl (C=O) groups excluding carboxylic acids is 1. The van der Waals surface area contributed by atoms with E-state index in [2.05, 4.69) is 41.8 Å². The topological polar surface area (TPSA) is 50.4 Å². The number of carbonyl (C=O) groups is 1. The SMILES string of the molecule is Cc1ccc(CCNC(=O)N[C@@H]2COc3ccccc3C2)cc1. The Labute approximate surface area is 136 Å². The number of hydrogen-bond donors (Lipinski definition) is 2. The molecule has 0 bridgehead atoms. The Balaban J connectivity index is 1.42. The monoisotopic (exact) mass is 310 g/mol. The molecule has 2 amide bonds. The van der Waals surface area contributed by atoms with Crippen LogP contribution in [0.15, 0.2) is 48.5 Å². The predicted molar refractivity (Wildman–Crippen MR) is 90.8 cm³/mol. The molecule has 2 aromatic rings. The van der Waals surface area contributed by atoms with Gasteiger partial charge in [0.2, 0.25) is 0 Å². The highest BCUT2D eigenvalue weighted by atomic mass is 16.5. The molecule has 0 saturated carbocycles. The van der Waals surface area contributed by atoms with Crippen LogP contribution in [0.2, 0.25) is 0 Å². The molecule has 0 saturated heterocycles. The second kappa shape index (κ2) is 7.18. The Kier molecular flexibility index (Phi) is 4.81. The molecule has 0 aromatic heterocycles. The molecule has 0 fully saturated rings. The molecule has 23 heavy (non-hydrogen) atoms. The molecule has 2 N–H and O–H groups in total. The summed E-state index contributed by atoms with van der Waals surface area (Å²) in [5.74, 6) is 0.922. The maximum absolute atomic E-state index is 12.0. The van der Waals surface area contributed by atoms with Crippen LogP contribution in [0.4, 0.5) is 4.79 Å². The number of urea groups is 1. The largest absolute Gasteiger partial charge is 0.491 e. The summed E-state index contributed by atoms with van der Waals surface area (Å²) in [6.07, 6.45) is 1.64. The van der Waals surface area contributed by atoms with Crippen LogP contribution >= 0.6 is 0 Å². The standard InChI is InChI=1S/C19H22N2O2/c1-14-6-8-15(9-7-14)10-11-20-19(22)21-17-12-16-4-2-3-5-18(16)23-13-17/h2-9,17H,10-13H2,1H3,(H2,20,21,22)/t17-/m0/s1. The van der Waals surface area contributed by atoms with Crippen LogP contribution in [0.5, 0.6) is 5.75 Å². The number of fused-ring (bicyclic) bond motifs is 1. The van der Waals surface area contributed by atoms with Gasteiger partial charge in [0.05, 0.1) is 6.04 Å². The van der Waals surface area contributed by atoms with E-state index >= 15 is 0 Å². The van der Waals surface area contributed by atoms with Crippen LogP contribution in [0.1, 0.15) is 16.7 Å². The van der Waals surface area contributed by atoms with Gasteiger partial charge in [-0.15, -0.1) is 0 Å². The Morgan fingerprint density at radius 2 is 1.96 bits per heavy atom. The zero-order chi connectivity index (χ0) is 16.1. The lowest BCUT2D eigenvalue weighted by Crippen LogP contribution is -2.47. The molecule has 0 unspecified atom stereocenters. The summed E-state index contributed by atoms with van der Waals surface area (Å²) in [5, 5.41) is 5.89. The van der Waals surface area contributed by atoms with Gasteiger partial charge in [0, 0.05) is 6.54 Å². The van der Waals surface area contributed by atoms with Gasteiger partial charge in [-0.25, -0.2) is 4.79 Å². The van der Waals surface area contributed by atoms with Crippen LogP contribution in [0, 0.1) is 6.92 Å². The molecular formula is C19H22N2O2. The highest BCUT2D eigenvalue weighted by molar-refractivity contribution is 5.74. The molecule has 1 aliphatic rings. The van der Waals surface area contributed by atoms with E-state index in [-0.39, 0.29) is 12.1 Å². The van der Waals surface area contributed by atoms with Crippen molar-refractivity contribution < 1.29 is 9.53 Å². The quantitative estimate of drug-likeness (QED) is 0.912. The van der Waals surface area contributed by atoms with E-state index in [9.17, 15) is 4.79 Å². The summed E-state index contributed by atoms with van der Waals surface area (Å²) >= 11 is 0. The van der Waals surface area contributed by atoms with Crippen molar-refractivity contribution in [3.63, 3.8) is 0 Å². The number of rotatable bonds is 4. The van der Waals surface area contributed by atoms with Crippen LogP contribution in [-0.2, 0) is 12.8 Å². The second-order valence-electron chi connectivity index (χ2n) is 5.96. The van der Waals surface area contributed by atoms with Gasteiger partial charge in [0.25, 0.3) is 0 Å². The van der Waals surface area contributed by atoms with Gasteiger partial charge >= 0.3 is 6.03 Å². The van der Waals surface area contributed by atoms with E-state index in [4.69, 9.17) is 4.74 Å². The lowest BCUT2D eigenvalue weighted by Gasteiger charge is -2.26. The minimum atomic E-state index is -0.134. The van der Waals surface area contributed by atoms with Gasteiger partial charge in [0.1, 0.15) is 12.4 Å². The van der Waals surface area contributed by atoms with Gasteiger partial charge in [-0.05, 0) is 37.0 Å². The van der Waals surface area contributed by atoms with Crippen molar-refractivity contribution in [3.05, 3.63) is 65.2 Å². The molecule has 4 heteroatoms. The first-order valence-corrected chi connectivity index (χ1v) is 8.01. The van der Waals surface area contributed by atoms with Crippen molar-refractivity contribution in [2.24, 2.45) is 0 Å². The second-order valence-corrected chi connectivity index (χ2v) is 5.96. The summed E-state index contributed by atoms with van der Waals surface area (Å²) in [6, 6.07) is 16.2. The Morgan fingerprint density at radius 1 is 1.17 bits per heavy atom. The summed E-state index contributed by atoms with van der Waals surface area (Å²) in [7, 11) is 0. The number of aryl methyl sites for hydroxylation is 1. The van der Waals surface area contributed by atoms with Gasteiger partial charge in [-0.1, -0.05) is 48.0 Å². The lowest BCUT2D eigenvalue weighted by atomic mass is 10.0. The van der Waals surface area contributed by atoms with Crippen molar-refractivity contribution in [3.8, 4) is 5.75 Å². The molecule has 3 rings (SSSR count). The first-order valence-electron chi connectivity index (χ1n) is 8.01. The summed E-state index contributed by atoms with van der Waals surface area (Å²) in [6.45, 7) is 3.21. The third-order valence-electron chi connectivity index (χ3n) is 4.03. The Hall–Kier alpha value is -2.49. The molecule has 2 aromatic carbocycles. The number of nitrogens with one attached hydrogen (secondary N) is 2. The molecule has 1 heterocycles. The number of para-hydroxylation sites is 1. The number of benzene rings is 2. The van der Waals surface area contributed by atoms with E-state index in [0.29, 0.717) is 13.2 Å². The molecule has 0 spiro atoms. The van der Waals surface area contributed by atoms with E-state index in [0.717, 1.165) is 24.2 Å². The van der Waals surface area contributed by atoms with Gasteiger partial charge in [-0.2, -0.15) is 0 Å². The fourth-order valence-corrected chi connectivity index (χ4v) is 2.73. The Bertz CT molecular complexity index is 667. The minimum Gasteiger partial charge on any atom is -0.491 e. The summed E-state index contributed by atoms with van der Waals surface area (Å²) in [4.78, 5) is 12.0. The average Bonchev–Trinajstić information content (AvgIpc) is 2.56. The van der Waals surface area contributed by atoms with Crippen molar-refractivity contribution in [2.75, 3.05) is 13.2 Å². The highest BCUT2D eigenvalue weighted by Gasteiger charge is 2.20. The zero-order valence-electron chi connectivity index (χ0n) is 13.3. The molecule has 4 nitrogen and oxygen atoms in total. The van der Waals surface area contributed by atoms with Crippen LogP contribution < -0.4 is 15.4 Å². The molecule has 1 atom stereocenters. The van der Waals surface area contributed by atoms with E-state index in [1.165, 1.54) is 11.1 Å². The first kappa shape index (κ1) is 15.4. The molecular weight excluding hydrogens is 288 g/mol. The molecule has 0 aliphatic carbocycles. The zero-order valence-corrected chi connectivity index (χ0v) is 13.3. The van der Waals surface area contributed by atoms with E-state index in [1.54, 1.807) is 0 Å². The van der Waals surface area contributed by atoms with Crippen molar-refractivity contribution in [1.82, 2.24) is 10.6 Å². The van der Waals surface area contributed by atoms with Gasteiger partial charge < -0.3 is 15.4 Å². The molecule has 0 radical (unpaired) electrons. The number of hydrogen-bond acceptors (Lipinski definition) is 2. The van der Waals surface area contributed by atoms with Crippen LogP contribution in [-0.4, -0.2) is 25.2 Å². The predicted octanol–water partition coefficient (Wildman–Crippen LogP) is 2.84. The van der Waals surface area contributed by atoms with Gasteiger partial charge in [-0.3, -0.25) is 0 Å². The van der Waals surface area contributed by atoms with E-state index in [1.807, 2.05) is 24.3 Å². The number of amides is 2. The maximum atomic E-state index is 12.0. The molecule has 1 aliphatic heterocycles.